The zero-order chi connectivity index (χ0) is 18.3. The number of fused-ring (bicyclic) bond motifs is 1. The van der Waals surface area contributed by atoms with Gasteiger partial charge in [-0.25, -0.2) is 4.98 Å². The lowest BCUT2D eigenvalue weighted by molar-refractivity contribution is 0.336. The van der Waals surface area contributed by atoms with Crippen molar-refractivity contribution in [2.45, 2.75) is 52.0 Å². The molecule has 0 radical (unpaired) electrons. The van der Waals surface area contributed by atoms with Gasteiger partial charge in [0.1, 0.15) is 17.1 Å². The molecule has 1 aliphatic rings. The minimum atomic E-state index is -0.140. The molecule has 0 amide bonds. The Labute approximate surface area is 152 Å². The molecule has 136 valence electrons. The fourth-order valence-electron chi connectivity index (χ4n) is 3.90. The number of hydrogen-bond acceptors (Lipinski definition) is 4. The van der Waals surface area contributed by atoms with Crippen molar-refractivity contribution in [3.8, 4) is 17.1 Å². The lowest BCUT2D eigenvalue weighted by atomic mass is 9.95. The standard InChI is InChI=1S/C20H24N4O2/c1-12-9-10-15(16(11-12)26-3)19-21-17-13(2)23-24(18(17)20(25)22-19)14-7-5-4-6-8-14/h9-11,14H,4-8H2,1-3H3,(H,21,22,25). The highest BCUT2D eigenvalue weighted by molar-refractivity contribution is 5.79. The average Bonchev–Trinajstić information content (AvgIpc) is 2.99. The van der Waals surface area contributed by atoms with Gasteiger partial charge in [-0.05, 0) is 44.4 Å². The second-order valence-electron chi connectivity index (χ2n) is 7.14. The SMILES string of the molecule is COc1cc(C)ccc1-c1nc2c(C)nn(C3CCCCC3)c2c(=O)[nH]1. The predicted molar refractivity (Wildman–Crippen MR) is 102 cm³/mol. The molecule has 1 saturated carbocycles. The van der Waals surface area contributed by atoms with E-state index >= 15 is 0 Å². The Morgan fingerprint density at radius 2 is 1.96 bits per heavy atom. The van der Waals surface area contributed by atoms with Crippen molar-refractivity contribution in [1.29, 1.82) is 0 Å². The van der Waals surface area contributed by atoms with Gasteiger partial charge in [-0.3, -0.25) is 9.48 Å². The summed E-state index contributed by atoms with van der Waals surface area (Å²) in [4.78, 5) is 20.6. The van der Waals surface area contributed by atoms with E-state index in [0.29, 0.717) is 28.6 Å². The number of aryl methyl sites for hydroxylation is 2. The van der Waals surface area contributed by atoms with Crippen LogP contribution in [-0.4, -0.2) is 26.9 Å². The molecule has 0 unspecified atom stereocenters. The molecule has 6 heteroatoms. The van der Waals surface area contributed by atoms with E-state index in [1.165, 1.54) is 19.3 Å². The third-order valence-corrected chi connectivity index (χ3v) is 5.26. The van der Waals surface area contributed by atoms with Crippen LogP contribution in [0.15, 0.2) is 23.0 Å². The summed E-state index contributed by atoms with van der Waals surface area (Å²) in [6.07, 6.45) is 5.79. The van der Waals surface area contributed by atoms with Gasteiger partial charge in [0.2, 0.25) is 0 Å². The van der Waals surface area contributed by atoms with Crippen molar-refractivity contribution in [3.05, 3.63) is 39.8 Å². The summed E-state index contributed by atoms with van der Waals surface area (Å²) < 4.78 is 7.39. The number of hydrogen-bond donors (Lipinski definition) is 1. The van der Waals surface area contributed by atoms with Crippen molar-refractivity contribution in [1.82, 2.24) is 19.7 Å². The number of nitrogens with zero attached hydrogens (tertiary/aromatic N) is 3. The number of H-pyrrole nitrogens is 1. The first-order valence-corrected chi connectivity index (χ1v) is 9.22. The molecule has 2 aromatic heterocycles. The van der Waals surface area contributed by atoms with Crippen molar-refractivity contribution in [2.75, 3.05) is 7.11 Å². The van der Waals surface area contributed by atoms with E-state index in [0.717, 1.165) is 29.7 Å². The molecule has 1 aliphatic carbocycles. The Morgan fingerprint density at radius 1 is 1.19 bits per heavy atom. The van der Waals surface area contributed by atoms with Crippen LogP contribution in [0.25, 0.3) is 22.4 Å². The van der Waals surface area contributed by atoms with Crippen LogP contribution in [0.3, 0.4) is 0 Å². The number of methoxy groups -OCH3 is 1. The van der Waals surface area contributed by atoms with Crippen molar-refractivity contribution >= 4 is 11.0 Å². The summed E-state index contributed by atoms with van der Waals surface area (Å²) in [5.41, 5.74) is 3.79. The van der Waals surface area contributed by atoms with E-state index in [2.05, 4.69) is 10.1 Å². The Morgan fingerprint density at radius 3 is 2.69 bits per heavy atom. The van der Waals surface area contributed by atoms with E-state index in [-0.39, 0.29) is 5.56 Å². The fourth-order valence-corrected chi connectivity index (χ4v) is 3.90. The minimum absolute atomic E-state index is 0.140. The average molecular weight is 352 g/mol. The van der Waals surface area contributed by atoms with E-state index in [9.17, 15) is 4.79 Å². The van der Waals surface area contributed by atoms with Crippen LogP contribution in [0.5, 0.6) is 5.75 Å². The van der Waals surface area contributed by atoms with Crippen molar-refractivity contribution < 1.29 is 4.74 Å². The van der Waals surface area contributed by atoms with Crippen LogP contribution in [0.1, 0.15) is 49.4 Å². The van der Waals surface area contributed by atoms with Gasteiger partial charge in [0, 0.05) is 0 Å². The molecular weight excluding hydrogens is 328 g/mol. The molecule has 0 atom stereocenters. The van der Waals surface area contributed by atoms with Crippen LogP contribution < -0.4 is 10.3 Å². The first kappa shape index (κ1) is 16.8. The van der Waals surface area contributed by atoms with Crippen molar-refractivity contribution in [3.63, 3.8) is 0 Å². The highest BCUT2D eigenvalue weighted by Gasteiger charge is 2.23. The molecule has 0 aliphatic heterocycles. The molecule has 1 aromatic carbocycles. The number of rotatable bonds is 3. The summed E-state index contributed by atoms with van der Waals surface area (Å²) >= 11 is 0. The van der Waals surface area contributed by atoms with E-state index in [1.807, 2.05) is 36.7 Å². The van der Waals surface area contributed by atoms with Gasteiger partial charge >= 0.3 is 0 Å². The maximum Gasteiger partial charge on any atom is 0.277 e. The van der Waals surface area contributed by atoms with Gasteiger partial charge in [-0.2, -0.15) is 5.10 Å². The summed E-state index contributed by atoms with van der Waals surface area (Å²) in [7, 11) is 1.63. The van der Waals surface area contributed by atoms with Crippen LogP contribution in [0, 0.1) is 13.8 Å². The lowest BCUT2D eigenvalue weighted by Crippen LogP contribution is -2.19. The van der Waals surface area contributed by atoms with Gasteiger partial charge in [-0.15, -0.1) is 0 Å². The lowest BCUT2D eigenvalue weighted by Gasteiger charge is -2.22. The summed E-state index contributed by atoms with van der Waals surface area (Å²) in [5.74, 6) is 1.22. The number of aromatic nitrogens is 4. The number of aromatic amines is 1. The van der Waals surface area contributed by atoms with Gasteiger partial charge in [0.25, 0.3) is 5.56 Å². The Balaban J connectivity index is 1.88. The van der Waals surface area contributed by atoms with E-state index in [1.54, 1.807) is 7.11 Å². The maximum absolute atomic E-state index is 12.9. The Kier molecular flexibility index (Phi) is 4.26. The third-order valence-electron chi connectivity index (χ3n) is 5.26. The maximum atomic E-state index is 12.9. The number of benzene rings is 1. The highest BCUT2D eigenvalue weighted by atomic mass is 16.5. The van der Waals surface area contributed by atoms with E-state index < -0.39 is 0 Å². The smallest absolute Gasteiger partial charge is 0.277 e. The van der Waals surface area contributed by atoms with Gasteiger partial charge in [-0.1, -0.05) is 25.3 Å². The van der Waals surface area contributed by atoms with Crippen LogP contribution in [0.2, 0.25) is 0 Å². The molecule has 0 spiro atoms. The predicted octanol–water partition coefficient (Wildman–Crippen LogP) is 3.92. The van der Waals surface area contributed by atoms with Crippen LogP contribution >= 0.6 is 0 Å². The molecule has 2 heterocycles. The van der Waals surface area contributed by atoms with Crippen LogP contribution in [-0.2, 0) is 0 Å². The molecule has 26 heavy (non-hydrogen) atoms. The van der Waals surface area contributed by atoms with Crippen molar-refractivity contribution in [2.24, 2.45) is 0 Å². The Hall–Kier alpha value is -2.63. The highest BCUT2D eigenvalue weighted by Crippen LogP contribution is 2.32. The number of ether oxygens (including phenoxy) is 1. The summed E-state index contributed by atoms with van der Waals surface area (Å²) in [5, 5.41) is 4.67. The first-order chi connectivity index (χ1) is 12.6. The number of nitrogens with one attached hydrogen (secondary N) is 1. The fraction of sp³-hybridized carbons (Fsp3) is 0.450. The quantitative estimate of drug-likeness (QED) is 0.775. The zero-order valence-electron chi connectivity index (χ0n) is 15.5. The second-order valence-corrected chi connectivity index (χ2v) is 7.14. The molecule has 1 N–H and O–H groups in total. The topological polar surface area (TPSA) is 72.8 Å². The molecule has 0 saturated heterocycles. The molecular formula is C20H24N4O2. The van der Waals surface area contributed by atoms with E-state index in [4.69, 9.17) is 9.72 Å². The van der Waals surface area contributed by atoms with Crippen LogP contribution in [0.4, 0.5) is 0 Å². The Bertz CT molecular complexity index is 1010. The zero-order valence-corrected chi connectivity index (χ0v) is 15.5. The van der Waals surface area contributed by atoms with Gasteiger partial charge < -0.3 is 9.72 Å². The van der Waals surface area contributed by atoms with Gasteiger partial charge in [0.15, 0.2) is 5.52 Å². The molecule has 1 fully saturated rings. The molecule has 0 bridgehead atoms. The normalized spacial score (nSPS) is 15.5. The molecule has 6 nitrogen and oxygen atoms in total. The van der Waals surface area contributed by atoms with Gasteiger partial charge in [0.05, 0.1) is 24.4 Å². The first-order valence-electron chi connectivity index (χ1n) is 9.22. The molecule has 3 aromatic rings. The second kappa shape index (κ2) is 6.59. The summed E-state index contributed by atoms with van der Waals surface area (Å²) in [6.45, 7) is 3.92. The molecule has 4 rings (SSSR count). The monoisotopic (exact) mass is 352 g/mol. The third kappa shape index (κ3) is 2.79. The largest absolute Gasteiger partial charge is 0.496 e. The minimum Gasteiger partial charge on any atom is -0.496 e. The summed E-state index contributed by atoms with van der Waals surface area (Å²) in [6, 6.07) is 6.15.